The fraction of sp³-hybridized carbons (Fsp3) is 0. The molecule has 0 aliphatic heterocycles. The summed E-state index contributed by atoms with van der Waals surface area (Å²) >= 11 is 3.20. The van der Waals surface area contributed by atoms with E-state index in [-0.39, 0.29) is 17.2 Å². The van der Waals surface area contributed by atoms with Crippen molar-refractivity contribution >= 4 is 21.6 Å². The minimum Gasteiger partial charge on any atom is -0.454 e. The van der Waals surface area contributed by atoms with E-state index in [9.17, 15) is 8.78 Å². The highest BCUT2D eigenvalue weighted by Gasteiger charge is 2.08. The zero-order valence-electron chi connectivity index (χ0n) is 8.58. The molecule has 0 heterocycles. The van der Waals surface area contributed by atoms with E-state index in [1.165, 1.54) is 30.3 Å². The van der Waals surface area contributed by atoms with Gasteiger partial charge < -0.3 is 10.5 Å². The van der Waals surface area contributed by atoms with Crippen LogP contribution >= 0.6 is 15.9 Å². The first-order chi connectivity index (χ1) is 8.06. The lowest BCUT2D eigenvalue weighted by molar-refractivity contribution is 0.471. The first kappa shape index (κ1) is 11.9. The summed E-state index contributed by atoms with van der Waals surface area (Å²) in [5.41, 5.74) is 5.90. The summed E-state index contributed by atoms with van der Waals surface area (Å²) < 4.78 is 31.9. The van der Waals surface area contributed by atoms with E-state index in [1.807, 2.05) is 0 Å². The molecule has 2 rings (SSSR count). The van der Waals surface area contributed by atoms with Crippen LogP contribution < -0.4 is 10.5 Å². The first-order valence-electron chi connectivity index (χ1n) is 4.74. The average Bonchev–Trinajstić information content (AvgIpc) is 2.28. The summed E-state index contributed by atoms with van der Waals surface area (Å²) in [6.07, 6.45) is 0. The Hall–Kier alpha value is -1.62. The molecule has 2 nitrogen and oxygen atoms in total. The van der Waals surface area contributed by atoms with Crippen LogP contribution in [0, 0.1) is 11.6 Å². The lowest BCUT2D eigenvalue weighted by Crippen LogP contribution is -1.94. The second kappa shape index (κ2) is 4.71. The number of anilines is 1. The Morgan fingerprint density at radius 3 is 2.24 bits per heavy atom. The fourth-order valence-corrected chi connectivity index (χ4v) is 1.60. The van der Waals surface area contributed by atoms with Crippen molar-refractivity contribution in [1.82, 2.24) is 0 Å². The van der Waals surface area contributed by atoms with Gasteiger partial charge in [0, 0.05) is 12.1 Å². The van der Waals surface area contributed by atoms with Crippen LogP contribution in [0.2, 0.25) is 0 Å². The largest absolute Gasteiger partial charge is 0.454 e. The summed E-state index contributed by atoms with van der Waals surface area (Å²) in [4.78, 5) is 0. The lowest BCUT2D eigenvalue weighted by Gasteiger charge is -2.10. The number of halogens is 3. The molecule has 88 valence electrons. The van der Waals surface area contributed by atoms with Crippen LogP contribution in [-0.2, 0) is 0 Å². The molecule has 0 aromatic heterocycles. The third kappa shape index (κ3) is 2.74. The van der Waals surface area contributed by atoms with E-state index >= 15 is 0 Å². The summed E-state index contributed by atoms with van der Waals surface area (Å²) in [6.45, 7) is 0. The lowest BCUT2D eigenvalue weighted by atomic mass is 10.3. The predicted octanol–water partition coefficient (Wildman–Crippen LogP) is 4.10. The molecule has 0 fully saturated rings. The summed E-state index contributed by atoms with van der Waals surface area (Å²) in [6, 6.07) is 7.73. The van der Waals surface area contributed by atoms with E-state index in [2.05, 4.69) is 15.9 Å². The quantitative estimate of drug-likeness (QED) is 0.847. The summed E-state index contributed by atoms with van der Waals surface area (Å²) in [5.74, 6) is -0.529. The number of ether oxygens (including phenoxy) is 1. The molecule has 0 radical (unpaired) electrons. The number of nitrogen functional groups attached to an aromatic ring is 1. The molecule has 0 aliphatic rings. The number of benzene rings is 2. The highest BCUT2D eigenvalue weighted by atomic mass is 79.9. The van der Waals surface area contributed by atoms with Gasteiger partial charge in [-0.25, -0.2) is 8.78 Å². The zero-order valence-corrected chi connectivity index (χ0v) is 10.2. The van der Waals surface area contributed by atoms with E-state index in [0.717, 1.165) is 6.07 Å². The third-order valence-electron chi connectivity index (χ3n) is 2.09. The van der Waals surface area contributed by atoms with Crippen LogP contribution in [0.1, 0.15) is 0 Å². The smallest absolute Gasteiger partial charge is 0.153 e. The van der Waals surface area contributed by atoms with Gasteiger partial charge in [0.25, 0.3) is 0 Å². The predicted molar refractivity (Wildman–Crippen MR) is 65.0 cm³/mol. The van der Waals surface area contributed by atoms with E-state index < -0.39 is 11.6 Å². The summed E-state index contributed by atoms with van der Waals surface area (Å²) in [7, 11) is 0. The van der Waals surface area contributed by atoms with Crippen molar-refractivity contribution in [3.63, 3.8) is 0 Å². The Labute approximate surface area is 105 Å². The van der Waals surface area contributed by atoms with Gasteiger partial charge in [0.05, 0.1) is 10.2 Å². The fourth-order valence-electron chi connectivity index (χ4n) is 1.27. The Balaban J connectivity index is 2.37. The zero-order chi connectivity index (χ0) is 12.4. The molecule has 0 saturated carbocycles. The molecule has 2 aromatic carbocycles. The van der Waals surface area contributed by atoms with Crippen LogP contribution in [0.5, 0.6) is 11.5 Å². The number of hydrogen-bond donors (Lipinski definition) is 1. The minimum absolute atomic E-state index is 0.149. The number of hydrogen-bond acceptors (Lipinski definition) is 2. The molecule has 0 unspecified atom stereocenters. The van der Waals surface area contributed by atoms with Gasteiger partial charge in [-0.1, -0.05) is 0 Å². The molecule has 0 bridgehead atoms. The van der Waals surface area contributed by atoms with Gasteiger partial charge >= 0.3 is 0 Å². The van der Waals surface area contributed by atoms with Gasteiger partial charge in [0.15, 0.2) is 5.75 Å². The monoisotopic (exact) mass is 299 g/mol. The standard InChI is InChI=1S/C12H8BrF2NO/c13-9-3-1-7(14)5-11(9)17-12-6-8(15)2-4-10(12)16/h1-6H,16H2. The normalized spacial score (nSPS) is 10.3. The van der Waals surface area contributed by atoms with Crippen molar-refractivity contribution in [3.8, 4) is 11.5 Å². The molecule has 17 heavy (non-hydrogen) atoms. The molecule has 5 heteroatoms. The van der Waals surface area contributed by atoms with E-state index in [1.54, 1.807) is 0 Å². The Morgan fingerprint density at radius 1 is 0.941 bits per heavy atom. The van der Waals surface area contributed by atoms with Crippen molar-refractivity contribution in [2.24, 2.45) is 0 Å². The van der Waals surface area contributed by atoms with E-state index in [0.29, 0.717) is 4.47 Å². The molecule has 0 aliphatic carbocycles. The third-order valence-corrected chi connectivity index (χ3v) is 2.74. The van der Waals surface area contributed by atoms with Gasteiger partial charge in [-0.05, 0) is 40.2 Å². The average molecular weight is 300 g/mol. The molecule has 0 saturated heterocycles. The van der Waals surface area contributed by atoms with E-state index in [4.69, 9.17) is 10.5 Å². The Morgan fingerprint density at radius 2 is 1.53 bits per heavy atom. The van der Waals surface area contributed by atoms with Gasteiger partial charge in [-0.15, -0.1) is 0 Å². The van der Waals surface area contributed by atoms with Gasteiger partial charge in [-0.2, -0.15) is 0 Å². The molecular formula is C12H8BrF2NO. The van der Waals surface area contributed by atoms with Crippen molar-refractivity contribution in [3.05, 3.63) is 52.5 Å². The van der Waals surface area contributed by atoms with Gasteiger partial charge in [0.1, 0.15) is 17.4 Å². The van der Waals surface area contributed by atoms with Crippen LogP contribution in [0.3, 0.4) is 0 Å². The maximum atomic E-state index is 13.0. The second-order valence-corrected chi connectivity index (χ2v) is 4.21. The number of rotatable bonds is 2. The minimum atomic E-state index is -0.471. The highest BCUT2D eigenvalue weighted by Crippen LogP contribution is 2.33. The molecule has 2 N–H and O–H groups in total. The molecule has 0 spiro atoms. The Bertz CT molecular complexity index is 511. The van der Waals surface area contributed by atoms with Crippen molar-refractivity contribution < 1.29 is 13.5 Å². The molecule has 0 atom stereocenters. The van der Waals surface area contributed by atoms with Crippen LogP contribution in [0.4, 0.5) is 14.5 Å². The molecule has 2 aromatic rings. The van der Waals surface area contributed by atoms with Gasteiger partial charge in [0.2, 0.25) is 0 Å². The highest BCUT2D eigenvalue weighted by molar-refractivity contribution is 9.10. The summed E-state index contributed by atoms with van der Waals surface area (Å²) in [5, 5.41) is 0. The molecule has 0 amide bonds. The number of nitrogens with two attached hydrogens (primary N) is 1. The second-order valence-electron chi connectivity index (χ2n) is 3.36. The Kier molecular flexibility index (Phi) is 3.28. The topological polar surface area (TPSA) is 35.2 Å². The maximum Gasteiger partial charge on any atom is 0.153 e. The maximum absolute atomic E-state index is 13.0. The van der Waals surface area contributed by atoms with Gasteiger partial charge in [-0.3, -0.25) is 0 Å². The SMILES string of the molecule is Nc1ccc(F)cc1Oc1cc(F)ccc1Br. The first-order valence-corrected chi connectivity index (χ1v) is 5.53. The van der Waals surface area contributed by atoms with Crippen molar-refractivity contribution in [1.29, 1.82) is 0 Å². The van der Waals surface area contributed by atoms with Crippen molar-refractivity contribution in [2.45, 2.75) is 0 Å². The van der Waals surface area contributed by atoms with Crippen LogP contribution in [-0.4, -0.2) is 0 Å². The van der Waals surface area contributed by atoms with Crippen LogP contribution in [0.25, 0.3) is 0 Å². The van der Waals surface area contributed by atoms with Crippen LogP contribution in [0.15, 0.2) is 40.9 Å². The molecular weight excluding hydrogens is 292 g/mol. The van der Waals surface area contributed by atoms with Crippen molar-refractivity contribution in [2.75, 3.05) is 5.73 Å².